The summed E-state index contributed by atoms with van der Waals surface area (Å²) in [7, 11) is 0. The molecule has 1 atom stereocenters. The van der Waals surface area contributed by atoms with E-state index in [2.05, 4.69) is 15.3 Å². The van der Waals surface area contributed by atoms with E-state index in [4.69, 9.17) is 4.74 Å². The predicted octanol–water partition coefficient (Wildman–Crippen LogP) is 0.656. The van der Waals surface area contributed by atoms with Crippen LogP contribution in [-0.4, -0.2) is 37.8 Å². The number of aryl methyl sites for hydroxylation is 3. The van der Waals surface area contributed by atoms with Crippen molar-refractivity contribution in [2.24, 2.45) is 0 Å². The maximum absolute atomic E-state index is 11.9. The van der Waals surface area contributed by atoms with Gasteiger partial charge in [0.1, 0.15) is 0 Å². The Morgan fingerprint density at radius 2 is 2.24 bits per heavy atom. The Morgan fingerprint density at radius 1 is 1.38 bits per heavy atom. The van der Waals surface area contributed by atoms with E-state index in [-0.39, 0.29) is 5.69 Å². The number of aromatic nitrogens is 5. The molecule has 3 heterocycles. The minimum Gasteiger partial charge on any atom is -0.381 e. The molecule has 1 aliphatic heterocycles. The molecule has 0 bridgehead atoms. The van der Waals surface area contributed by atoms with E-state index < -0.39 is 0 Å². The molecule has 1 saturated heterocycles. The number of hydrogen-bond donors (Lipinski definition) is 0. The van der Waals surface area contributed by atoms with Crippen LogP contribution in [0.3, 0.4) is 0 Å². The fourth-order valence-electron chi connectivity index (χ4n) is 2.63. The third-order valence-corrected chi connectivity index (χ3v) is 3.80. The Labute approximate surface area is 122 Å². The number of ether oxygens (including phenoxy) is 1. The Kier molecular flexibility index (Phi) is 3.83. The van der Waals surface area contributed by atoms with Gasteiger partial charge in [0.05, 0.1) is 18.8 Å². The second kappa shape index (κ2) is 5.77. The summed E-state index contributed by atoms with van der Waals surface area (Å²) in [5, 5.41) is 8.33. The highest BCUT2D eigenvalue weighted by Crippen LogP contribution is 2.22. The summed E-state index contributed by atoms with van der Waals surface area (Å²) in [4.78, 5) is 15.8. The average Bonchev–Trinajstić information content (AvgIpc) is 3.08. The third kappa shape index (κ3) is 3.02. The van der Waals surface area contributed by atoms with Gasteiger partial charge in [-0.1, -0.05) is 5.21 Å². The molecule has 21 heavy (non-hydrogen) atoms. The molecule has 0 saturated carbocycles. The zero-order chi connectivity index (χ0) is 14.8. The zero-order valence-electron chi connectivity index (χ0n) is 12.3. The summed E-state index contributed by atoms with van der Waals surface area (Å²) >= 11 is 0. The molecule has 7 nitrogen and oxygen atoms in total. The molecule has 0 spiro atoms. The Morgan fingerprint density at radius 3 is 2.95 bits per heavy atom. The minimum atomic E-state index is -0.211. The van der Waals surface area contributed by atoms with Crippen LogP contribution in [-0.2, 0) is 17.8 Å². The fourth-order valence-corrected chi connectivity index (χ4v) is 2.63. The lowest BCUT2D eigenvalue weighted by molar-refractivity contribution is 0.193. The van der Waals surface area contributed by atoms with Crippen LogP contribution in [0.15, 0.2) is 17.1 Å². The lowest BCUT2D eigenvalue weighted by atomic mass is 10.1. The van der Waals surface area contributed by atoms with Gasteiger partial charge in [-0.3, -0.25) is 9.25 Å². The van der Waals surface area contributed by atoms with Crippen LogP contribution in [0.25, 0.3) is 0 Å². The quantitative estimate of drug-likeness (QED) is 0.826. The van der Waals surface area contributed by atoms with E-state index in [1.54, 1.807) is 9.25 Å². The van der Waals surface area contributed by atoms with Crippen molar-refractivity contribution >= 4 is 0 Å². The Hall–Kier alpha value is -2.02. The van der Waals surface area contributed by atoms with Crippen LogP contribution in [0.2, 0.25) is 0 Å². The van der Waals surface area contributed by atoms with Gasteiger partial charge in [0, 0.05) is 36.7 Å². The molecule has 7 heteroatoms. The molecular formula is C14H19N5O2. The molecule has 1 fully saturated rings. The maximum Gasteiger partial charge on any atom is 0.348 e. The summed E-state index contributed by atoms with van der Waals surface area (Å²) in [5.41, 5.74) is 2.42. The zero-order valence-corrected chi connectivity index (χ0v) is 12.3. The molecule has 2 aromatic heterocycles. The van der Waals surface area contributed by atoms with Crippen molar-refractivity contribution in [2.45, 2.75) is 39.3 Å². The molecular weight excluding hydrogens is 270 g/mol. The number of nitrogens with zero attached hydrogens (tertiary/aromatic N) is 5. The summed E-state index contributed by atoms with van der Waals surface area (Å²) in [6.07, 6.45) is 2.94. The average molecular weight is 289 g/mol. The second-order valence-electron chi connectivity index (χ2n) is 5.44. The summed E-state index contributed by atoms with van der Waals surface area (Å²) in [6.45, 7) is 6.40. The Balaban J connectivity index is 1.69. The first kappa shape index (κ1) is 13.9. The number of rotatable bonds is 4. The minimum absolute atomic E-state index is 0.211. The van der Waals surface area contributed by atoms with Crippen molar-refractivity contribution < 1.29 is 4.74 Å². The van der Waals surface area contributed by atoms with Crippen LogP contribution in [0.4, 0.5) is 0 Å². The molecule has 0 N–H and O–H groups in total. The van der Waals surface area contributed by atoms with Crippen LogP contribution in [0, 0.1) is 13.8 Å². The largest absolute Gasteiger partial charge is 0.381 e. The van der Waals surface area contributed by atoms with Crippen molar-refractivity contribution in [2.75, 3.05) is 13.2 Å². The molecule has 112 valence electrons. The second-order valence-corrected chi connectivity index (χ2v) is 5.44. The van der Waals surface area contributed by atoms with Gasteiger partial charge in [-0.05, 0) is 26.3 Å². The van der Waals surface area contributed by atoms with Gasteiger partial charge in [0.2, 0.25) is 0 Å². The van der Waals surface area contributed by atoms with Crippen molar-refractivity contribution in [3.8, 4) is 0 Å². The van der Waals surface area contributed by atoms with Crippen molar-refractivity contribution in [3.63, 3.8) is 0 Å². The van der Waals surface area contributed by atoms with E-state index in [1.165, 1.54) is 0 Å². The summed E-state index contributed by atoms with van der Waals surface area (Å²) in [6, 6.07) is 1.91. The maximum atomic E-state index is 11.9. The van der Waals surface area contributed by atoms with E-state index in [0.717, 1.165) is 36.7 Å². The first-order valence-corrected chi connectivity index (χ1v) is 7.16. The van der Waals surface area contributed by atoms with Crippen LogP contribution in [0.5, 0.6) is 0 Å². The number of hydrogen-bond acceptors (Lipinski definition) is 5. The normalized spacial score (nSPS) is 18.3. The van der Waals surface area contributed by atoms with Gasteiger partial charge in [-0.15, -0.1) is 5.10 Å². The first-order chi connectivity index (χ1) is 10.1. The van der Waals surface area contributed by atoms with E-state index >= 15 is 0 Å². The molecule has 1 unspecified atom stereocenters. The van der Waals surface area contributed by atoms with Gasteiger partial charge in [-0.2, -0.15) is 4.98 Å². The standard InChI is InChI=1S/C14H19N5O2/c1-10-7-11(2)19(14(20)15-10)5-4-18-8-13(16-17-18)12-3-6-21-9-12/h7-8,12H,3-6,9H2,1-2H3. The third-order valence-electron chi connectivity index (χ3n) is 3.80. The van der Waals surface area contributed by atoms with Crippen molar-refractivity contribution in [1.82, 2.24) is 24.5 Å². The molecule has 2 aromatic rings. The van der Waals surface area contributed by atoms with E-state index in [1.807, 2.05) is 26.1 Å². The van der Waals surface area contributed by atoms with Crippen LogP contribution < -0.4 is 5.69 Å². The van der Waals surface area contributed by atoms with Crippen LogP contribution in [0.1, 0.15) is 29.4 Å². The fraction of sp³-hybridized carbons (Fsp3) is 0.571. The molecule has 1 aliphatic rings. The van der Waals surface area contributed by atoms with E-state index in [0.29, 0.717) is 19.0 Å². The molecule has 0 aliphatic carbocycles. The van der Waals surface area contributed by atoms with Gasteiger partial charge < -0.3 is 4.74 Å². The van der Waals surface area contributed by atoms with Gasteiger partial charge in [-0.25, -0.2) is 4.79 Å². The highest BCUT2D eigenvalue weighted by molar-refractivity contribution is 5.06. The topological polar surface area (TPSA) is 74.8 Å². The monoisotopic (exact) mass is 289 g/mol. The van der Waals surface area contributed by atoms with Crippen molar-refractivity contribution in [3.05, 3.63) is 39.8 Å². The molecule has 0 aromatic carbocycles. The van der Waals surface area contributed by atoms with Gasteiger partial charge >= 0.3 is 5.69 Å². The van der Waals surface area contributed by atoms with Crippen LogP contribution >= 0.6 is 0 Å². The lowest BCUT2D eigenvalue weighted by Crippen LogP contribution is -2.27. The first-order valence-electron chi connectivity index (χ1n) is 7.16. The van der Waals surface area contributed by atoms with E-state index in [9.17, 15) is 4.79 Å². The smallest absolute Gasteiger partial charge is 0.348 e. The highest BCUT2D eigenvalue weighted by atomic mass is 16.5. The summed E-state index contributed by atoms with van der Waals surface area (Å²) < 4.78 is 8.80. The SMILES string of the molecule is Cc1cc(C)n(CCn2cc(C3CCOC3)nn2)c(=O)n1. The van der Waals surface area contributed by atoms with Gasteiger partial charge in [0.25, 0.3) is 0 Å². The van der Waals surface area contributed by atoms with Gasteiger partial charge in [0.15, 0.2) is 0 Å². The molecule has 0 radical (unpaired) electrons. The van der Waals surface area contributed by atoms with Crippen molar-refractivity contribution in [1.29, 1.82) is 0 Å². The summed E-state index contributed by atoms with van der Waals surface area (Å²) in [5.74, 6) is 0.351. The highest BCUT2D eigenvalue weighted by Gasteiger charge is 2.20. The predicted molar refractivity (Wildman–Crippen MR) is 76.2 cm³/mol. The lowest BCUT2D eigenvalue weighted by Gasteiger charge is -2.09. The Bertz CT molecular complexity index is 685. The molecule has 0 amide bonds. The molecule has 3 rings (SSSR count).